The van der Waals surface area contributed by atoms with Crippen molar-refractivity contribution in [2.24, 2.45) is 4.99 Å². The Morgan fingerprint density at radius 1 is 1.21 bits per heavy atom. The van der Waals surface area contributed by atoms with Crippen molar-refractivity contribution in [2.45, 2.75) is 6.18 Å². The van der Waals surface area contributed by atoms with Crippen molar-refractivity contribution in [1.82, 2.24) is 4.98 Å². The van der Waals surface area contributed by atoms with Crippen LogP contribution in [0.3, 0.4) is 0 Å². The van der Waals surface area contributed by atoms with E-state index >= 15 is 0 Å². The van der Waals surface area contributed by atoms with Gasteiger partial charge in [-0.25, -0.2) is 14.2 Å². The molecule has 0 saturated heterocycles. The van der Waals surface area contributed by atoms with Gasteiger partial charge in [-0.1, -0.05) is 15.9 Å². The van der Waals surface area contributed by atoms with Gasteiger partial charge in [-0.2, -0.15) is 13.2 Å². The van der Waals surface area contributed by atoms with E-state index in [2.05, 4.69) is 25.9 Å². The molecule has 0 atom stereocenters. The fourth-order valence-corrected chi connectivity index (χ4v) is 2.69. The molecule has 29 heavy (non-hydrogen) atoms. The number of carboxylic acid groups (broad SMARTS) is 1. The average molecular weight is 473 g/mol. The van der Waals surface area contributed by atoms with E-state index in [1.807, 2.05) is 0 Å². The van der Waals surface area contributed by atoms with Crippen LogP contribution in [0, 0.1) is 5.82 Å². The maximum Gasteiger partial charge on any atom is 0.419 e. The van der Waals surface area contributed by atoms with Gasteiger partial charge in [0.05, 0.1) is 23.0 Å². The van der Waals surface area contributed by atoms with Crippen LogP contribution < -0.4 is 0 Å². The third kappa shape index (κ3) is 4.45. The number of hydrogen-bond donors (Lipinski definition) is 2. The Bertz CT molecular complexity index is 1130. The van der Waals surface area contributed by atoms with Crippen molar-refractivity contribution in [1.29, 1.82) is 0 Å². The van der Waals surface area contributed by atoms with Gasteiger partial charge in [0.2, 0.25) is 5.89 Å². The quantitative estimate of drug-likeness (QED) is 0.390. The zero-order valence-electron chi connectivity index (χ0n) is 14.0. The summed E-state index contributed by atoms with van der Waals surface area (Å²) in [5.41, 5.74) is -1.87. The molecule has 2 aromatic carbocycles. The van der Waals surface area contributed by atoms with Gasteiger partial charge in [0.15, 0.2) is 5.69 Å². The first-order valence-electron chi connectivity index (χ1n) is 7.70. The Morgan fingerprint density at radius 2 is 1.93 bits per heavy atom. The van der Waals surface area contributed by atoms with Gasteiger partial charge in [-0.05, 0) is 36.4 Å². The summed E-state index contributed by atoms with van der Waals surface area (Å²) in [5.74, 6) is -3.82. The van der Waals surface area contributed by atoms with E-state index in [9.17, 15) is 32.6 Å². The molecule has 0 aliphatic rings. The number of hydrogen-bond acceptors (Lipinski definition) is 5. The van der Waals surface area contributed by atoms with E-state index in [0.717, 1.165) is 12.3 Å². The van der Waals surface area contributed by atoms with Crippen molar-refractivity contribution < 1.29 is 37.0 Å². The molecule has 0 radical (unpaired) electrons. The van der Waals surface area contributed by atoms with Crippen molar-refractivity contribution >= 4 is 33.8 Å². The lowest BCUT2D eigenvalue weighted by Crippen LogP contribution is -2.07. The lowest BCUT2D eigenvalue weighted by Gasteiger charge is -2.07. The topological polar surface area (TPSA) is 95.9 Å². The number of carbonyl (C=O) groups is 1. The van der Waals surface area contributed by atoms with E-state index in [1.54, 1.807) is 6.07 Å². The molecule has 1 heterocycles. The molecular formula is C18H9BrF4N2O4. The Labute approximate surface area is 168 Å². The molecule has 11 heteroatoms. The molecule has 0 aliphatic carbocycles. The van der Waals surface area contributed by atoms with Gasteiger partial charge < -0.3 is 14.6 Å². The third-order valence-electron chi connectivity index (χ3n) is 3.67. The molecule has 3 aromatic rings. The summed E-state index contributed by atoms with van der Waals surface area (Å²) < 4.78 is 57.1. The molecule has 0 unspecified atom stereocenters. The maximum atomic E-state index is 13.7. The minimum Gasteiger partial charge on any atom is -0.479 e. The summed E-state index contributed by atoms with van der Waals surface area (Å²) in [7, 11) is 0. The molecule has 0 amide bonds. The monoisotopic (exact) mass is 472 g/mol. The summed E-state index contributed by atoms with van der Waals surface area (Å²) in [6.07, 6.45) is -3.84. The number of oxazole rings is 1. The largest absolute Gasteiger partial charge is 0.479 e. The third-order valence-corrected chi connectivity index (χ3v) is 4.16. The van der Waals surface area contributed by atoms with Crippen LogP contribution in [0.5, 0.6) is 5.95 Å². The highest BCUT2D eigenvalue weighted by Gasteiger charge is 2.34. The second-order valence-corrected chi connectivity index (χ2v) is 6.54. The van der Waals surface area contributed by atoms with Crippen molar-refractivity contribution in [3.05, 3.63) is 63.5 Å². The van der Waals surface area contributed by atoms with Crippen molar-refractivity contribution in [3.8, 4) is 17.4 Å². The number of aliphatic imine (C=N–C) groups is 1. The van der Waals surface area contributed by atoms with Crippen LogP contribution in [-0.4, -0.2) is 27.4 Å². The van der Waals surface area contributed by atoms with Crippen LogP contribution in [0.1, 0.15) is 21.6 Å². The summed E-state index contributed by atoms with van der Waals surface area (Å²) in [5, 5.41) is 19.0. The fourth-order valence-electron chi connectivity index (χ4n) is 2.33. The number of aromatic nitrogens is 1. The van der Waals surface area contributed by atoms with E-state index in [4.69, 9.17) is 4.42 Å². The van der Waals surface area contributed by atoms with Crippen LogP contribution in [0.15, 0.2) is 50.3 Å². The molecule has 0 bridgehead atoms. The first-order chi connectivity index (χ1) is 13.6. The maximum absolute atomic E-state index is 13.7. The standard InChI is InChI=1S/C18H9BrF4N2O4/c19-9-2-4-13(10(6-9)16(26)27)24-7-14-17(28)29-15(25-14)8-1-3-11(12(20)5-8)18(21,22)23/h1-7,28H,(H,26,27). The fraction of sp³-hybridized carbons (Fsp3) is 0.0556. The van der Waals surface area contributed by atoms with Gasteiger partial charge in [0.1, 0.15) is 5.82 Å². The molecule has 6 nitrogen and oxygen atoms in total. The Hall–Kier alpha value is -3.21. The summed E-state index contributed by atoms with van der Waals surface area (Å²) in [6, 6.07) is 6.34. The highest BCUT2D eigenvalue weighted by atomic mass is 79.9. The van der Waals surface area contributed by atoms with Crippen LogP contribution in [0.4, 0.5) is 23.2 Å². The number of benzene rings is 2. The molecule has 0 saturated carbocycles. The molecule has 0 spiro atoms. The van der Waals surface area contributed by atoms with Crippen molar-refractivity contribution in [2.75, 3.05) is 0 Å². The Balaban J connectivity index is 1.93. The second kappa shape index (κ2) is 7.66. The second-order valence-electron chi connectivity index (χ2n) is 5.63. The SMILES string of the molecule is O=C(O)c1cc(Br)ccc1N=Cc1nc(-c2ccc(C(F)(F)F)c(F)c2)oc1O. The average Bonchev–Trinajstić information content (AvgIpc) is 3.00. The van der Waals surface area contributed by atoms with Crippen LogP contribution in [0.2, 0.25) is 0 Å². The van der Waals surface area contributed by atoms with Crippen LogP contribution in [0.25, 0.3) is 11.5 Å². The number of rotatable bonds is 4. The smallest absolute Gasteiger partial charge is 0.419 e. The molecule has 1 aromatic heterocycles. The van der Waals surface area contributed by atoms with E-state index < -0.39 is 29.5 Å². The number of aromatic carboxylic acids is 1. The highest BCUT2D eigenvalue weighted by Crippen LogP contribution is 2.34. The first kappa shape index (κ1) is 20.5. The van der Waals surface area contributed by atoms with Crippen LogP contribution in [-0.2, 0) is 6.18 Å². The minimum absolute atomic E-state index is 0.0604. The molecule has 3 rings (SSSR count). The lowest BCUT2D eigenvalue weighted by molar-refractivity contribution is -0.139. The predicted molar refractivity (Wildman–Crippen MR) is 96.9 cm³/mol. The minimum atomic E-state index is -4.86. The first-order valence-corrected chi connectivity index (χ1v) is 8.49. The van der Waals surface area contributed by atoms with Crippen LogP contribution >= 0.6 is 15.9 Å². The van der Waals surface area contributed by atoms with Gasteiger partial charge in [-0.3, -0.25) is 4.99 Å². The van der Waals surface area contributed by atoms with Gasteiger partial charge in [0, 0.05) is 10.0 Å². The molecule has 150 valence electrons. The summed E-state index contributed by atoms with van der Waals surface area (Å²) >= 11 is 3.14. The van der Waals surface area contributed by atoms with E-state index in [-0.39, 0.29) is 28.4 Å². The molecule has 0 fully saturated rings. The summed E-state index contributed by atoms with van der Waals surface area (Å²) in [6.45, 7) is 0. The van der Waals surface area contributed by atoms with Gasteiger partial charge >= 0.3 is 18.1 Å². The van der Waals surface area contributed by atoms with Gasteiger partial charge in [-0.15, -0.1) is 0 Å². The molecule has 2 N–H and O–H groups in total. The normalized spacial score (nSPS) is 11.9. The highest BCUT2D eigenvalue weighted by molar-refractivity contribution is 9.10. The van der Waals surface area contributed by atoms with E-state index in [1.165, 1.54) is 12.1 Å². The lowest BCUT2D eigenvalue weighted by atomic mass is 10.1. The number of alkyl halides is 3. The number of carboxylic acids is 1. The molecular weight excluding hydrogens is 464 g/mol. The number of halogens is 5. The zero-order chi connectivity index (χ0) is 21.3. The Kier molecular flexibility index (Phi) is 5.42. The number of nitrogens with zero attached hydrogens (tertiary/aromatic N) is 2. The zero-order valence-corrected chi connectivity index (χ0v) is 15.6. The van der Waals surface area contributed by atoms with E-state index in [0.29, 0.717) is 16.6 Å². The van der Waals surface area contributed by atoms with Gasteiger partial charge in [0.25, 0.3) is 0 Å². The predicted octanol–water partition coefficient (Wildman–Crippen LogP) is 5.42. The molecule has 0 aliphatic heterocycles. The van der Waals surface area contributed by atoms with Crippen molar-refractivity contribution in [3.63, 3.8) is 0 Å². The number of aromatic hydroxyl groups is 1. The Morgan fingerprint density at radius 3 is 2.55 bits per heavy atom. The summed E-state index contributed by atoms with van der Waals surface area (Å²) in [4.78, 5) is 19.1.